The molecule has 6 nitrogen and oxygen atoms in total. The smallest absolute Gasteiger partial charge is 0.226 e. The summed E-state index contributed by atoms with van der Waals surface area (Å²) in [4.78, 5) is 16.9. The van der Waals surface area contributed by atoms with Crippen LogP contribution in [-0.4, -0.2) is 25.8 Å². The molecule has 1 aliphatic heterocycles. The van der Waals surface area contributed by atoms with E-state index < -0.39 is 0 Å². The lowest BCUT2D eigenvalue weighted by atomic mass is 9.87. The third-order valence-electron chi connectivity index (χ3n) is 4.58. The normalized spacial score (nSPS) is 16.5. The van der Waals surface area contributed by atoms with Crippen LogP contribution in [0.1, 0.15) is 23.5 Å². The van der Waals surface area contributed by atoms with Crippen molar-refractivity contribution in [2.45, 2.75) is 12.3 Å². The SMILES string of the molecule is O=C1C[C@H](c2ccc(O)cc2)c2cnn(-c3nc4ccccc4s3)c2N1. The second-order valence-electron chi connectivity index (χ2n) is 6.22. The van der Waals surface area contributed by atoms with Crippen LogP contribution in [0.15, 0.2) is 54.7 Å². The number of phenolic OH excluding ortho intramolecular Hbond substituents is 1. The molecule has 2 N–H and O–H groups in total. The van der Waals surface area contributed by atoms with Crippen LogP contribution in [0.3, 0.4) is 0 Å². The van der Waals surface area contributed by atoms with E-state index in [0.717, 1.165) is 26.5 Å². The molecule has 0 fully saturated rings. The Kier molecular flexibility index (Phi) is 3.29. The summed E-state index contributed by atoms with van der Waals surface area (Å²) in [6, 6.07) is 14.9. The van der Waals surface area contributed by atoms with Crippen LogP contribution in [0.5, 0.6) is 5.75 Å². The summed E-state index contributed by atoms with van der Waals surface area (Å²) < 4.78 is 2.77. The van der Waals surface area contributed by atoms with Gasteiger partial charge in [-0.05, 0) is 29.8 Å². The van der Waals surface area contributed by atoms with Gasteiger partial charge >= 0.3 is 0 Å². The minimum Gasteiger partial charge on any atom is -0.508 e. The molecule has 26 heavy (non-hydrogen) atoms. The maximum atomic E-state index is 12.3. The van der Waals surface area contributed by atoms with Gasteiger partial charge in [0, 0.05) is 17.9 Å². The first-order valence-corrected chi connectivity index (χ1v) is 9.03. The molecular formula is C19H14N4O2S. The highest BCUT2D eigenvalue weighted by atomic mass is 32.1. The number of carbonyl (C=O) groups excluding carboxylic acids is 1. The molecule has 0 spiro atoms. The second kappa shape index (κ2) is 5.67. The molecule has 1 atom stereocenters. The summed E-state index contributed by atoms with van der Waals surface area (Å²) in [5.74, 6) is 0.721. The third-order valence-corrected chi connectivity index (χ3v) is 5.59. The van der Waals surface area contributed by atoms with E-state index in [1.54, 1.807) is 23.0 Å². The lowest BCUT2D eigenvalue weighted by Crippen LogP contribution is -2.24. The number of rotatable bonds is 2. The molecule has 1 amide bonds. The summed E-state index contributed by atoms with van der Waals surface area (Å²) in [5.41, 5.74) is 2.84. The predicted octanol–water partition coefficient (Wildman–Crippen LogP) is 3.66. The number of para-hydroxylation sites is 1. The second-order valence-corrected chi connectivity index (χ2v) is 7.23. The molecule has 0 radical (unpaired) electrons. The van der Waals surface area contributed by atoms with Gasteiger partial charge in [0.25, 0.3) is 0 Å². The minimum absolute atomic E-state index is 0.0570. The molecule has 4 aromatic rings. The van der Waals surface area contributed by atoms with E-state index in [1.807, 2.05) is 36.4 Å². The number of hydrogen-bond acceptors (Lipinski definition) is 5. The standard InChI is InChI=1S/C19H14N4O2S/c24-12-7-5-11(6-8-12)13-9-17(25)22-18-14(13)10-20-23(18)19-21-15-3-1-2-4-16(15)26-19/h1-8,10,13,24H,9H2,(H,22,25)/t13-/m1/s1. The van der Waals surface area contributed by atoms with Gasteiger partial charge in [-0.15, -0.1) is 0 Å². The Morgan fingerprint density at radius 3 is 2.77 bits per heavy atom. The Bertz CT molecular complexity index is 1100. The van der Waals surface area contributed by atoms with Crippen molar-refractivity contribution in [1.82, 2.24) is 14.8 Å². The fourth-order valence-corrected chi connectivity index (χ4v) is 4.25. The zero-order valence-corrected chi connectivity index (χ0v) is 14.4. The van der Waals surface area contributed by atoms with E-state index in [4.69, 9.17) is 0 Å². The summed E-state index contributed by atoms with van der Waals surface area (Å²) in [6.45, 7) is 0. The lowest BCUT2D eigenvalue weighted by Gasteiger charge is -2.23. The number of nitrogens with zero attached hydrogens (tertiary/aromatic N) is 3. The van der Waals surface area contributed by atoms with Crippen LogP contribution in [0.4, 0.5) is 5.82 Å². The fourth-order valence-electron chi connectivity index (χ4n) is 3.32. The maximum absolute atomic E-state index is 12.3. The van der Waals surface area contributed by atoms with Gasteiger partial charge in [0.1, 0.15) is 11.6 Å². The molecule has 0 saturated carbocycles. The van der Waals surface area contributed by atoms with Crippen LogP contribution in [0, 0.1) is 0 Å². The average molecular weight is 362 g/mol. The largest absolute Gasteiger partial charge is 0.508 e. The van der Waals surface area contributed by atoms with Crippen LogP contribution < -0.4 is 5.32 Å². The number of fused-ring (bicyclic) bond motifs is 2. The molecule has 2 aromatic heterocycles. The molecule has 2 aromatic carbocycles. The van der Waals surface area contributed by atoms with Gasteiger partial charge in [0.15, 0.2) is 0 Å². The zero-order valence-electron chi connectivity index (χ0n) is 13.6. The highest BCUT2D eigenvalue weighted by Gasteiger charge is 2.31. The monoisotopic (exact) mass is 362 g/mol. The first-order chi connectivity index (χ1) is 12.7. The topological polar surface area (TPSA) is 80.0 Å². The molecule has 0 aliphatic carbocycles. The Labute approximate surface area is 152 Å². The third kappa shape index (κ3) is 2.36. The first kappa shape index (κ1) is 15.1. The van der Waals surface area contributed by atoms with Crippen molar-refractivity contribution in [3.63, 3.8) is 0 Å². The van der Waals surface area contributed by atoms with E-state index in [2.05, 4.69) is 15.4 Å². The van der Waals surface area contributed by atoms with Crippen molar-refractivity contribution in [1.29, 1.82) is 0 Å². The summed E-state index contributed by atoms with van der Waals surface area (Å²) in [6.07, 6.45) is 2.14. The fraction of sp³-hybridized carbons (Fsp3) is 0.105. The highest BCUT2D eigenvalue weighted by molar-refractivity contribution is 7.20. The van der Waals surface area contributed by atoms with Crippen LogP contribution in [-0.2, 0) is 4.79 Å². The number of phenols is 1. The van der Waals surface area contributed by atoms with E-state index in [0.29, 0.717) is 12.2 Å². The Morgan fingerprint density at radius 1 is 1.15 bits per heavy atom. The van der Waals surface area contributed by atoms with E-state index in [1.165, 1.54) is 11.3 Å². The lowest BCUT2D eigenvalue weighted by molar-refractivity contribution is -0.116. The molecule has 128 valence electrons. The van der Waals surface area contributed by atoms with E-state index >= 15 is 0 Å². The summed E-state index contributed by atoms with van der Waals surface area (Å²) in [5, 5.41) is 17.7. The molecular weight excluding hydrogens is 348 g/mol. The predicted molar refractivity (Wildman–Crippen MR) is 99.9 cm³/mol. The molecule has 0 unspecified atom stereocenters. The number of carbonyl (C=O) groups is 1. The Morgan fingerprint density at radius 2 is 1.96 bits per heavy atom. The van der Waals surface area contributed by atoms with Gasteiger partial charge in [-0.1, -0.05) is 35.6 Å². The molecule has 0 bridgehead atoms. The van der Waals surface area contributed by atoms with E-state index in [9.17, 15) is 9.90 Å². The number of anilines is 1. The van der Waals surface area contributed by atoms with Crippen molar-refractivity contribution in [2.24, 2.45) is 0 Å². The van der Waals surface area contributed by atoms with Gasteiger partial charge in [-0.25, -0.2) is 4.98 Å². The number of amides is 1. The van der Waals surface area contributed by atoms with Crippen LogP contribution in [0.2, 0.25) is 0 Å². The summed E-state index contributed by atoms with van der Waals surface area (Å²) in [7, 11) is 0. The number of aromatic hydroxyl groups is 1. The molecule has 1 aliphatic rings. The molecule has 3 heterocycles. The maximum Gasteiger partial charge on any atom is 0.226 e. The van der Waals surface area contributed by atoms with Crippen molar-refractivity contribution >= 4 is 33.3 Å². The number of aromatic nitrogens is 3. The number of thiazole rings is 1. The van der Waals surface area contributed by atoms with Gasteiger partial charge in [0.05, 0.1) is 16.4 Å². The Hall–Kier alpha value is -3.19. The molecule has 5 rings (SSSR count). The van der Waals surface area contributed by atoms with Gasteiger partial charge in [0.2, 0.25) is 11.0 Å². The van der Waals surface area contributed by atoms with Gasteiger partial charge < -0.3 is 10.4 Å². The summed E-state index contributed by atoms with van der Waals surface area (Å²) >= 11 is 1.53. The van der Waals surface area contributed by atoms with Crippen molar-refractivity contribution in [3.05, 3.63) is 65.9 Å². The average Bonchev–Trinajstić information content (AvgIpc) is 3.25. The zero-order chi connectivity index (χ0) is 17.7. The first-order valence-electron chi connectivity index (χ1n) is 8.22. The van der Waals surface area contributed by atoms with Crippen LogP contribution >= 0.6 is 11.3 Å². The van der Waals surface area contributed by atoms with Gasteiger partial charge in [-0.2, -0.15) is 9.78 Å². The van der Waals surface area contributed by atoms with Crippen molar-refractivity contribution in [2.75, 3.05) is 5.32 Å². The van der Waals surface area contributed by atoms with Crippen molar-refractivity contribution < 1.29 is 9.90 Å². The Balaban J connectivity index is 1.63. The van der Waals surface area contributed by atoms with Crippen molar-refractivity contribution in [3.8, 4) is 10.9 Å². The quantitative estimate of drug-likeness (QED) is 0.570. The number of hydrogen-bond donors (Lipinski definition) is 2. The van der Waals surface area contributed by atoms with Crippen LogP contribution in [0.25, 0.3) is 15.3 Å². The van der Waals surface area contributed by atoms with Gasteiger partial charge in [-0.3, -0.25) is 4.79 Å². The molecule has 7 heteroatoms. The van der Waals surface area contributed by atoms with E-state index in [-0.39, 0.29) is 17.6 Å². The molecule has 0 saturated heterocycles. The minimum atomic E-state index is -0.0949. The number of benzene rings is 2. The number of nitrogens with one attached hydrogen (secondary N) is 1. The highest BCUT2D eigenvalue weighted by Crippen LogP contribution is 2.39.